The Morgan fingerprint density at radius 1 is 1.42 bits per heavy atom. The predicted octanol–water partition coefficient (Wildman–Crippen LogP) is 2.47. The number of hydrogen-bond acceptors (Lipinski definition) is 3. The Morgan fingerprint density at radius 2 is 2.11 bits per heavy atom. The van der Waals surface area contributed by atoms with Gasteiger partial charge in [-0.1, -0.05) is 13.0 Å². The summed E-state index contributed by atoms with van der Waals surface area (Å²) in [4.78, 5) is 0.338. The van der Waals surface area contributed by atoms with E-state index in [0.29, 0.717) is 22.5 Å². The summed E-state index contributed by atoms with van der Waals surface area (Å²) in [5.41, 5.74) is 6.48. The summed E-state index contributed by atoms with van der Waals surface area (Å²) in [7, 11) is -3.41. The highest BCUT2D eigenvalue weighted by atomic mass is 79.9. The standard InChI is InChI=1S/C13H19BrN2O2S/c1-2-7-16(11-4-5-11)19(17,18)13-6-3-10(9-15)8-12(13)14/h3,6,8,11H,2,4-5,7,9,15H2,1H3. The Hall–Kier alpha value is -0.430. The minimum Gasteiger partial charge on any atom is -0.326 e. The highest BCUT2D eigenvalue weighted by Crippen LogP contribution is 2.34. The predicted molar refractivity (Wildman–Crippen MR) is 79.2 cm³/mol. The lowest BCUT2D eigenvalue weighted by atomic mass is 10.2. The minimum absolute atomic E-state index is 0.186. The Bertz CT molecular complexity index is 556. The van der Waals surface area contributed by atoms with Crippen LogP contribution in [0.3, 0.4) is 0 Å². The van der Waals surface area contributed by atoms with Crippen LogP contribution in [0.15, 0.2) is 27.6 Å². The van der Waals surface area contributed by atoms with E-state index >= 15 is 0 Å². The molecule has 0 heterocycles. The molecular weight excluding hydrogens is 328 g/mol. The second-order valence-electron chi connectivity index (χ2n) is 4.82. The van der Waals surface area contributed by atoms with E-state index in [1.54, 1.807) is 22.5 Å². The van der Waals surface area contributed by atoms with Gasteiger partial charge in [0.2, 0.25) is 10.0 Å². The highest BCUT2D eigenvalue weighted by molar-refractivity contribution is 9.10. The fourth-order valence-corrected chi connectivity index (χ4v) is 4.95. The molecule has 0 atom stereocenters. The quantitative estimate of drug-likeness (QED) is 0.860. The smallest absolute Gasteiger partial charge is 0.244 e. The number of sulfonamides is 1. The second kappa shape index (κ2) is 5.91. The molecule has 106 valence electrons. The maximum atomic E-state index is 12.7. The Balaban J connectivity index is 2.37. The van der Waals surface area contributed by atoms with Crippen LogP contribution in [0.1, 0.15) is 31.7 Å². The highest BCUT2D eigenvalue weighted by Gasteiger charge is 2.38. The van der Waals surface area contributed by atoms with Gasteiger partial charge in [0.05, 0.1) is 4.90 Å². The summed E-state index contributed by atoms with van der Waals surface area (Å²) in [5.74, 6) is 0. The molecule has 6 heteroatoms. The van der Waals surface area contributed by atoms with Crippen LogP contribution in [-0.2, 0) is 16.6 Å². The summed E-state index contributed by atoms with van der Waals surface area (Å²) in [6, 6.07) is 5.39. The van der Waals surface area contributed by atoms with Crippen molar-refractivity contribution in [1.29, 1.82) is 0 Å². The van der Waals surface area contributed by atoms with Gasteiger partial charge in [0.1, 0.15) is 0 Å². The van der Waals surface area contributed by atoms with Crippen LogP contribution < -0.4 is 5.73 Å². The first kappa shape index (κ1) is 15.0. The van der Waals surface area contributed by atoms with Crippen molar-refractivity contribution in [1.82, 2.24) is 4.31 Å². The molecule has 0 saturated heterocycles. The molecule has 0 bridgehead atoms. The molecule has 0 aliphatic heterocycles. The monoisotopic (exact) mass is 346 g/mol. The number of rotatable bonds is 6. The van der Waals surface area contributed by atoms with Crippen LogP contribution in [0.5, 0.6) is 0 Å². The average molecular weight is 347 g/mol. The molecule has 1 aromatic rings. The third-order valence-electron chi connectivity index (χ3n) is 3.22. The molecule has 1 aromatic carbocycles. The van der Waals surface area contributed by atoms with Crippen LogP contribution >= 0.6 is 15.9 Å². The van der Waals surface area contributed by atoms with Crippen molar-refractivity contribution in [2.24, 2.45) is 5.73 Å². The lowest BCUT2D eigenvalue weighted by Gasteiger charge is -2.22. The van der Waals surface area contributed by atoms with E-state index in [0.717, 1.165) is 24.8 Å². The lowest BCUT2D eigenvalue weighted by molar-refractivity contribution is 0.403. The van der Waals surface area contributed by atoms with Gasteiger partial charge in [-0.2, -0.15) is 4.31 Å². The van der Waals surface area contributed by atoms with Crippen molar-refractivity contribution >= 4 is 26.0 Å². The summed E-state index contributed by atoms with van der Waals surface area (Å²) in [5, 5.41) is 0. The van der Waals surface area contributed by atoms with Gasteiger partial charge >= 0.3 is 0 Å². The molecule has 2 rings (SSSR count). The molecule has 2 N–H and O–H groups in total. The van der Waals surface area contributed by atoms with E-state index in [1.165, 1.54) is 0 Å². The Labute approximate surface area is 123 Å². The zero-order valence-corrected chi connectivity index (χ0v) is 13.4. The third-order valence-corrected chi connectivity index (χ3v) is 6.15. The summed E-state index contributed by atoms with van der Waals surface area (Å²) in [6.07, 6.45) is 2.77. The molecule has 0 amide bonds. The molecule has 0 aromatic heterocycles. The molecule has 1 fully saturated rings. The Morgan fingerprint density at radius 3 is 2.58 bits per heavy atom. The van der Waals surface area contributed by atoms with Gasteiger partial charge in [-0.3, -0.25) is 0 Å². The van der Waals surface area contributed by atoms with Crippen molar-refractivity contribution in [3.05, 3.63) is 28.2 Å². The van der Waals surface area contributed by atoms with E-state index < -0.39 is 10.0 Å². The summed E-state index contributed by atoms with van der Waals surface area (Å²) < 4.78 is 27.6. The average Bonchev–Trinajstić information content (AvgIpc) is 3.19. The molecule has 1 aliphatic carbocycles. The molecule has 19 heavy (non-hydrogen) atoms. The SMILES string of the molecule is CCCN(C1CC1)S(=O)(=O)c1ccc(CN)cc1Br. The second-order valence-corrected chi connectivity index (χ2v) is 7.53. The van der Waals surface area contributed by atoms with Gasteiger partial charge in [0.25, 0.3) is 0 Å². The zero-order chi connectivity index (χ0) is 14.0. The maximum absolute atomic E-state index is 12.7. The number of nitrogens with zero attached hydrogens (tertiary/aromatic N) is 1. The van der Waals surface area contributed by atoms with E-state index in [2.05, 4.69) is 15.9 Å². The van der Waals surface area contributed by atoms with Crippen molar-refractivity contribution < 1.29 is 8.42 Å². The first-order valence-corrected chi connectivity index (χ1v) is 8.74. The fraction of sp³-hybridized carbons (Fsp3) is 0.538. The zero-order valence-electron chi connectivity index (χ0n) is 11.0. The van der Waals surface area contributed by atoms with Gasteiger partial charge in [-0.05, 0) is 52.9 Å². The van der Waals surface area contributed by atoms with E-state index in [1.807, 2.05) is 6.92 Å². The molecule has 4 nitrogen and oxygen atoms in total. The van der Waals surface area contributed by atoms with Crippen molar-refractivity contribution in [3.63, 3.8) is 0 Å². The van der Waals surface area contributed by atoms with Gasteiger partial charge in [-0.15, -0.1) is 0 Å². The van der Waals surface area contributed by atoms with E-state index in [4.69, 9.17) is 5.73 Å². The van der Waals surface area contributed by atoms with Gasteiger partial charge in [0.15, 0.2) is 0 Å². The number of hydrogen-bond donors (Lipinski definition) is 1. The topological polar surface area (TPSA) is 63.4 Å². The van der Waals surface area contributed by atoms with Crippen molar-refractivity contribution in [3.8, 4) is 0 Å². The molecule has 0 spiro atoms. The van der Waals surface area contributed by atoms with Crippen LogP contribution in [0.25, 0.3) is 0 Å². The number of benzene rings is 1. The first-order valence-electron chi connectivity index (χ1n) is 6.51. The first-order chi connectivity index (χ1) is 9.00. The number of halogens is 1. The van der Waals surface area contributed by atoms with Crippen LogP contribution in [-0.4, -0.2) is 25.3 Å². The molecule has 1 aliphatic rings. The largest absolute Gasteiger partial charge is 0.326 e. The van der Waals surface area contributed by atoms with Crippen molar-refractivity contribution in [2.75, 3.05) is 6.54 Å². The van der Waals surface area contributed by atoms with E-state index in [9.17, 15) is 8.42 Å². The van der Waals surface area contributed by atoms with Gasteiger partial charge in [-0.25, -0.2) is 8.42 Å². The van der Waals surface area contributed by atoms with Crippen molar-refractivity contribution in [2.45, 2.75) is 43.7 Å². The maximum Gasteiger partial charge on any atom is 0.244 e. The van der Waals surface area contributed by atoms with Gasteiger partial charge in [0, 0.05) is 23.6 Å². The number of nitrogens with two attached hydrogens (primary N) is 1. The summed E-state index contributed by atoms with van der Waals surface area (Å²) >= 11 is 3.35. The molecule has 0 unspecified atom stereocenters. The molecule has 1 saturated carbocycles. The van der Waals surface area contributed by atoms with Crippen LogP contribution in [0.4, 0.5) is 0 Å². The lowest BCUT2D eigenvalue weighted by Crippen LogP contribution is -2.34. The molecular formula is C13H19BrN2O2S. The molecule has 0 radical (unpaired) electrons. The van der Waals surface area contributed by atoms with Crippen LogP contribution in [0.2, 0.25) is 0 Å². The summed E-state index contributed by atoms with van der Waals surface area (Å²) in [6.45, 7) is 2.98. The normalized spacial score (nSPS) is 16.0. The Kier molecular flexibility index (Phi) is 4.66. The van der Waals surface area contributed by atoms with Crippen LogP contribution in [0, 0.1) is 0 Å². The third kappa shape index (κ3) is 3.18. The minimum atomic E-state index is -3.41. The van der Waals surface area contributed by atoms with Gasteiger partial charge < -0.3 is 5.73 Å². The fourth-order valence-electron chi connectivity index (χ4n) is 2.09. The van der Waals surface area contributed by atoms with E-state index in [-0.39, 0.29) is 6.04 Å².